The van der Waals surface area contributed by atoms with Crippen molar-refractivity contribution < 1.29 is 4.79 Å². The molecule has 0 saturated heterocycles. The molecule has 4 heteroatoms. The van der Waals surface area contributed by atoms with Crippen molar-refractivity contribution >= 4 is 17.2 Å². The number of amides is 1. The lowest BCUT2D eigenvalue weighted by Gasteiger charge is -2.18. The third-order valence-electron chi connectivity index (χ3n) is 3.75. The summed E-state index contributed by atoms with van der Waals surface area (Å²) in [5.41, 5.74) is 10.8. The van der Waals surface area contributed by atoms with Crippen LogP contribution >= 0.6 is 11.3 Å². The molecule has 0 radical (unpaired) electrons. The van der Waals surface area contributed by atoms with Crippen LogP contribution in [0.15, 0.2) is 17.5 Å². The first-order chi connectivity index (χ1) is 9.70. The molecule has 3 nitrogen and oxygen atoms in total. The van der Waals surface area contributed by atoms with Crippen LogP contribution in [0.3, 0.4) is 0 Å². The summed E-state index contributed by atoms with van der Waals surface area (Å²) in [7, 11) is 0. The lowest BCUT2D eigenvalue weighted by molar-refractivity contribution is -0.125. The van der Waals surface area contributed by atoms with E-state index in [4.69, 9.17) is 10.7 Å². The highest BCUT2D eigenvalue weighted by Gasteiger charge is 2.27. The molecule has 112 valence electrons. The summed E-state index contributed by atoms with van der Waals surface area (Å²) in [6.07, 6.45) is 0.580. The summed E-state index contributed by atoms with van der Waals surface area (Å²) in [5, 5.41) is 3.02. The van der Waals surface area contributed by atoms with Gasteiger partial charge in [0, 0.05) is 22.8 Å². The summed E-state index contributed by atoms with van der Waals surface area (Å²) in [4.78, 5) is 16.2. The van der Waals surface area contributed by atoms with Crippen molar-refractivity contribution in [3.63, 3.8) is 0 Å². The third-order valence-corrected chi connectivity index (χ3v) is 4.59. The van der Waals surface area contributed by atoms with Crippen molar-refractivity contribution in [3.05, 3.63) is 39.2 Å². The van der Waals surface area contributed by atoms with Gasteiger partial charge in [-0.1, -0.05) is 31.5 Å². The smallest absolute Gasteiger partial charge is 0.223 e. The van der Waals surface area contributed by atoms with Gasteiger partial charge in [-0.3, -0.25) is 4.79 Å². The first-order valence-corrected chi connectivity index (χ1v) is 7.91. The molecule has 0 fully saturated rings. The zero-order valence-electron chi connectivity index (χ0n) is 13.3. The maximum absolute atomic E-state index is 11.4. The van der Waals surface area contributed by atoms with Crippen LogP contribution in [-0.4, -0.2) is 10.9 Å². The molecule has 0 atom stereocenters. The van der Waals surface area contributed by atoms with E-state index in [0.717, 1.165) is 10.7 Å². The number of hydrogen-bond donors (Lipinski definition) is 1. The number of thiazole rings is 1. The van der Waals surface area contributed by atoms with E-state index in [-0.39, 0.29) is 5.91 Å². The van der Waals surface area contributed by atoms with E-state index in [1.807, 2.05) is 13.8 Å². The lowest BCUT2D eigenvalue weighted by atomic mass is 9.89. The number of primary amides is 1. The number of hydrogen-bond acceptors (Lipinski definition) is 3. The Kier molecular flexibility index (Phi) is 4.19. The monoisotopic (exact) mass is 302 g/mol. The number of carbonyl (C=O) groups is 1. The van der Waals surface area contributed by atoms with Gasteiger partial charge in [-0.15, -0.1) is 11.3 Å². The molecule has 1 aromatic carbocycles. The molecule has 2 aromatic rings. The highest BCUT2D eigenvalue weighted by molar-refractivity contribution is 7.10. The standard InChI is InChI=1S/C17H22N2OS/c1-10-6-11(2)15(12(3)7-10)13-9-21-14(19-13)8-17(4,5)16(18)20/h6-7,9H,8H2,1-5H3,(H2,18,20). The van der Waals surface area contributed by atoms with Crippen LogP contribution in [0.4, 0.5) is 0 Å². The number of nitrogens with two attached hydrogens (primary N) is 1. The molecule has 0 spiro atoms. The number of benzene rings is 1. The van der Waals surface area contributed by atoms with Crippen LogP contribution in [0.5, 0.6) is 0 Å². The Bertz CT molecular complexity index is 663. The van der Waals surface area contributed by atoms with Gasteiger partial charge >= 0.3 is 0 Å². The molecule has 2 N–H and O–H groups in total. The van der Waals surface area contributed by atoms with Crippen LogP contribution in [-0.2, 0) is 11.2 Å². The van der Waals surface area contributed by atoms with Crippen molar-refractivity contribution in [2.75, 3.05) is 0 Å². The zero-order chi connectivity index (χ0) is 15.8. The van der Waals surface area contributed by atoms with Gasteiger partial charge in [-0.2, -0.15) is 0 Å². The minimum atomic E-state index is -0.563. The van der Waals surface area contributed by atoms with E-state index >= 15 is 0 Å². The second kappa shape index (κ2) is 5.60. The number of nitrogens with zero attached hydrogens (tertiary/aromatic N) is 1. The molecule has 0 aliphatic rings. The van der Waals surface area contributed by atoms with Crippen LogP contribution < -0.4 is 5.73 Å². The van der Waals surface area contributed by atoms with Crippen LogP contribution in [0.1, 0.15) is 35.5 Å². The molecule has 0 aliphatic heterocycles. The predicted molar refractivity (Wildman–Crippen MR) is 88.4 cm³/mol. The fourth-order valence-electron chi connectivity index (χ4n) is 2.56. The molecule has 0 aliphatic carbocycles. The highest BCUT2D eigenvalue weighted by atomic mass is 32.1. The zero-order valence-corrected chi connectivity index (χ0v) is 14.1. The Balaban J connectivity index is 2.35. The minimum Gasteiger partial charge on any atom is -0.369 e. The van der Waals surface area contributed by atoms with Crippen molar-refractivity contribution in [1.29, 1.82) is 0 Å². The van der Waals surface area contributed by atoms with Crippen molar-refractivity contribution in [2.45, 2.75) is 41.0 Å². The average Bonchev–Trinajstić information content (AvgIpc) is 2.74. The second-order valence-electron chi connectivity index (χ2n) is 6.33. The molecular weight excluding hydrogens is 280 g/mol. The Morgan fingerprint density at radius 1 is 1.24 bits per heavy atom. The predicted octanol–water partition coefficient (Wildman–Crippen LogP) is 3.79. The van der Waals surface area contributed by atoms with Gasteiger partial charge in [-0.25, -0.2) is 4.98 Å². The van der Waals surface area contributed by atoms with Crippen molar-refractivity contribution in [2.24, 2.45) is 11.1 Å². The number of rotatable bonds is 4. The third kappa shape index (κ3) is 3.32. The van der Waals surface area contributed by atoms with Gasteiger partial charge in [-0.05, 0) is 31.9 Å². The van der Waals surface area contributed by atoms with E-state index in [9.17, 15) is 4.79 Å². The molecule has 1 heterocycles. The lowest BCUT2D eigenvalue weighted by Crippen LogP contribution is -2.33. The molecule has 0 unspecified atom stereocenters. The average molecular weight is 302 g/mol. The van der Waals surface area contributed by atoms with Crippen LogP contribution in [0.25, 0.3) is 11.3 Å². The number of aryl methyl sites for hydroxylation is 3. The first-order valence-electron chi connectivity index (χ1n) is 7.03. The fraction of sp³-hybridized carbons (Fsp3) is 0.412. The van der Waals surface area contributed by atoms with Gasteiger partial charge in [0.15, 0.2) is 0 Å². The topological polar surface area (TPSA) is 56.0 Å². The van der Waals surface area contributed by atoms with Gasteiger partial charge in [0.25, 0.3) is 0 Å². The summed E-state index contributed by atoms with van der Waals surface area (Å²) in [6.45, 7) is 10.0. The van der Waals surface area contributed by atoms with Gasteiger partial charge in [0.2, 0.25) is 5.91 Å². The van der Waals surface area contributed by atoms with Crippen molar-refractivity contribution in [1.82, 2.24) is 4.98 Å². The molecule has 1 amide bonds. The van der Waals surface area contributed by atoms with Crippen LogP contribution in [0, 0.1) is 26.2 Å². The Morgan fingerprint density at radius 3 is 2.33 bits per heavy atom. The molecular formula is C17H22N2OS. The normalized spacial score (nSPS) is 11.7. The summed E-state index contributed by atoms with van der Waals surface area (Å²) in [6, 6.07) is 4.35. The Morgan fingerprint density at radius 2 is 1.81 bits per heavy atom. The van der Waals surface area contributed by atoms with Gasteiger partial charge in [0.05, 0.1) is 10.7 Å². The molecule has 1 aromatic heterocycles. The van der Waals surface area contributed by atoms with E-state index in [1.165, 1.54) is 22.3 Å². The van der Waals surface area contributed by atoms with E-state index in [2.05, 4.69) is 38.3 Å². The Hall–Kier alpha value is -1.68. The number of carbonyl (C=O) groups excluding carboxylic acids is 1. The first kappa shape index (κ1) is 15.7. The van der Waals surface area contributed by atoms with Crippen LogP contribution in [0.2, 0.25) is 0 Å². The molecule has 2 rings (SSSR count). The van der Waals surface area contributed by atoms with E-state index < -0.39 is 5.41 Å². The van der Waals surface area contributed by atoms with Gasteiger partial charge in [0.1, 0.15) is 0 Å². The molecule has 0 saturated carbocycles. The van der Waals surface area contributed by atoms with Gasteiger partial charge < -0.3 is 5.73 Å². The summed E-state index contributed by atoms with van der Waals surface area (Å²) < 4.78 is 0. The number of aromatic nitrogens is 1. The SMILES string of the molecule is Cc1cc(C)c(-c2csc(CC(C)(C)C(N)=O)n2)c(C)c1. The largest absolute Gasteiger partial charge is 0.369 e. The second-order valence-corrected chi connectivity index (χ2v) is 7.27. The summed E-state index contributed by atoms with van der Waals surface area (Å²) >= 11 is 1.59. The maximum Gasteiger partial charge on any atom is 0.223 e. The quantitative estimate of drug-likeness (QED) is 0.934. The Labute approximate surface area is 130 Å². The highest BCUT2D eigenvalue weighted by Crippen LogP contribution is 2.31. The summed E-state index contributed by atoms with van der Waals surface area (Å²) in [5.74, 6) is -0.290. The minimum absolute atomic E-state index is 0.290. The maximum atomic E-state index is 11.4. The molecule has 21 heavy (non-hydrogen) atoms. The molecule has 0 bridgehead atoms. The van der Waals surface area contributed by atoms with E-state index in [0.29, 0.717) is 6.42 Å². The van der Waals surface area contributed by atoms with Crippen molar-refractivity contribution in [3.8, 4) is 11.3 Å². The fourth-order valence-corrected chi connectivity index (χ4v) is 3.57. The van der Waals surface area contributed by atoms with E-state index in [1.54, 1.807) is 11.3 Å².